The fourth-order valence-corrected chi connectivity index (χ4v) is 4.46. The summed E-state index contributed by atoms with van der Waals surface area (Å²) < 4.78 is 10.7. The first-order chi connectivity index (χ1) is 15.1. The summed E-state index contributed by atoms with van der Waals surface area (Å²) in [4.78, 5) is 31.9. The van der Waals surface area contributed by atoms with E-state index in [4.69, 9.17) is 9.47 Å². The minimum absolute atomic E-state index is 0.0616. The third-order valence-corrected chi connectivity index (χ3v) is 6.12. The summed E-state index contributed by atoms with van der Waals surface area (Å²) in [5, 5.41) is 5.33. The van der Waals surface area contributed by atoms with Crippen LogP contribution in [0.25, 0.3) is 10.6 Å². The second kappa shape index (κ2) is 9.18. The summed E-state index contributed by atoms with van der Waals surface area (Å²) >= 11 is 1.39. The van der Waals surface area contributed by atoms with Gasteiger partial charge in [0, 0.05) is 24.0 Å². The molecule has 0 saturated carbocycles. The van der Waals surface area contributed by atoms with E-state index in [0.29, 0.717) is 35.3 Å². The fourth-order valence-electron chi connectivity index (χ4n) is 3.67. The molecule has 1 N–H and O–H groups in total. The monoisotopic (exact) mass is 437 g/mol. The van der Waals surface area contributed by atoms with Gasteiger partial charge in [0.25, 0.3) is 5.91 Å². The molecule has 8 heteroatoms. The lowest BCUT2D eigenvalue weighted by molar-refractivity contribution is -0.121. The van der Waals surface area contributed by atoms with Crippen LogP contribution in [0.15, 0.2) is 53.9 Å². The number of nitrogens with one attached hydrogen (secondary N) is 1. The van der Waals surface area contributed by atoms with Crippen molar-refractivity contribution in [3.05, 3.63) is 65.2 Å². The highest BCUT2D eigenvalue weighted by Gasteiger charge is 2.31. The molecule has 2 aromatic carbocycles. The molecular weight excluding hydrogens is 414 g/mol. The number of rotatable bonds is 5. The van der Waals surface area contributed by atoms with E-state index < -0.39 is 0 Å². The van der Waals surface area contributed by atoms with Crippen molar-refractivity contribution >= 4 is 23.2 Å². The van der Waals surface area contributed by atoms with Crippen LogP contribution in [-0.2, 0) is 4.79 Å². The van der Waals surface area contributed by atoms with Gasteiger partial charge in [0.2, 0.25) is 5.91 Å². The lowest BCUT2D eigenvalue weighted by atomic mass is 10.0. The van der Waals surface area contributed by atoms with Crippen LogP contribution in [0.1, 0.15) is 28.5 Å². The Hall–Kier alpha value is -3.39. The average Bonchev–Trinajstić information content (AvgIpc) is 3.22. The Kier molecular flexibility index (Phi) is 6.18. The van der Waals surface area contributed by atoms with Gasteiger partial charge in [0.1, 0.15) is 10.7 Å². The molecule has 1 saturated heterocycles. The normalized spacial score (nSPS) is 16.4. The number of nitrogens with zero attached hydrogens (tertiary/aromatic N) is 2. The van der Waals surface area contributed by atoms with Gasteiger partial charge in [-0.25, -0.2) is 4.98 Å². The standard InChI is InChI=1S/C23H23N3O4S/c1-29-19-9-8-16(12-20(19)30-2)22-25-17(14-31-22)23(28)26-11-10-24-21(27)13-18(26)15-6-4-3-5-7-15/h3-9,12,14,18H,10-11,13H2,1-2H3,(H,24,27)/t18-/m1/s1. The van der Waals surface area contributed by atoms with Crippen LogP contribution in [-0.4, -0.2) is 49.0 Å². The van der Waals surface area contributed by atoms with Crippen LogP contribution in [0, 0.1) is 0 Å². The molecule has 1 aromatic heterocycles. The summed E-state index contributed by atoms with van der Waals surface area (Å²) in [7, 11) is 3.17. The molecule has 160 valence electrons. The minimum Gasteiger partial charge on any atom is -0.493 e. The van der Waals surface area contributed by atoms with E-state index in [-0.39, 0.29) is 24.3 Å². The van der Waals surface area contributed by atoms with Gasteiger partial charge >= 0.3 is 0 Å². The Bertz CT molecular complexity index is 1080. The van der Waals surface area contributed by atoms with Gasteiger partial charge in [-0.15, -0.1) is 11.3 Å². The number of carbonyl (C=O) groups excluding carboxylic acids is 2. The predicted octanol–water partition coefficient (Wildman–Crippen LogP) is 3.53. The van der Waals surface area contributed by atoms with E-state index >= 15 is 0 Å². The number of carbonyl (C=O) groups is 2. The van der Waals surface area contributed by atoms with Gasteiger partial charge in [-0.05, 0) is 23.8 Å². The molecule has 0 radical (unpaired) electrons. The van der Waals surface area contributed by atoms with E-state index in [9.17, 15) is 9.59 Å². The number of benzene rings is 2. The Labute approximate surface area is 184 Å². The zero-order valence-electron chi connectivity index (χ0n) is 17.3. The molecular formula is C23H23N3O4S. The van der Waals surface area contributed by atoms with Crippen LogP contribution in [0.3, 0.4) is 0 Å². The van der Waals surface area contributed by atoms with Crippen molar-refractivity contribution in [2.75, 3.05) is 27.3 Å². The molecule has 1 fully saturated rings. The highest BCUT2D eigenvalue weighted by Crippen LogP contribution is 2.34. The van der Waals surface area contributed by atoms with Crippen LogP contribution < -0.4 is 14.8 Å². The molecule has 1 aliphatic heterocycles. The van der Waals surface area contributed by atoms with Crippen molar-refractivity contribution in [1.82, 2.24) is 15.2 Å². The number of thiazole rings is 1. The fraction of sp³-hybridized carbons (Fsp3) is 0.261. The highest BCUT2D eigenvalue weighted by atomic mass is 32.1. The molecule has 2 amide bonds. The summed E-state index contributed by atoms with van der Waals surface area (Å²) in [5.74, 6) is 0.984. The largest absolute Gasteiger partial charge is 0.493 e. The molecule has 0 bridgehead atoms. The molecule has 7 nitrogen and oxygen atoms in total. The summed E-state index contributed by atoms with van der Waals surface area (Å²) in [6.07, 6.45) is 0.225. The Morgan fingerprint density at radius 2 is 1.90 bits per heavy atom. The van der Waals surface area contributed by atoms with E-state index in [2.05, 4.69) is 10.3 Å². The first-order valence-electron chi connectivity index (χ1n) is 9.91. The third-order valence-electron chi connectivity index (χ3n) is 5.23. The second-order valence-corrected chi connectivity index (χ2v) is 7.94. The molecule has 1 atom stereocenters. The van der Waals surface area contributed by atoms with Crippen molar-refractivity contribution in [2.24, 2.45) is 0 Å². The minimum atomic E-state index is -0.331. The molecule has 2 heterocycles. The number of aromatic nitrogens is 1. The topological polar surface area (TPSA) is 80.8 Å². The van der Waals surface area contributed by atoms with Crippen LogP contribution in [0.4, 0.5) is 0 Å². The number of hydrogen-bond donors (Lipinski definition) is 1. The number of hydrogen-bond acceptors (Lipinski definition) is 6. The molecule has 0 unspecified atom stereocenters. The molecule has 3 aromatic rings. The first-order valence-corrected chi connectivity index (χ1v) is 10.8. The van der Waals surface area contributed by atoms with E-state index in [1.54, 1.807) is 24.5 Å². The molecule has 1 aliphatic rings. The van der Waals surface area contributed by atoms with E-state index in [1.165, 1.54) is 11.3 Å². The lowest BCUT2D eigenvalue weighted by Gasteiger charge is -2.29. The van der Waals surface area contributed by atoms with Crippen molar-refractivity contribution in [1.29, 1.82) is 0 Å². The smallest absolute Gasteiger partial charge is 0.273 e. The van der Waals surface area contributed by atoms with Crippen LogP contribution in [0.5, 0.6) is 11.5 Å². The number of methoxy groups -OCH3 is 2. The zero-order valence-corrected chi connectivity index (χ0v) is 18.1. The molecule has 0 aliphatic carbocycles. The van der Waals surface area contributed by atoms with Crippen molar-refractivity contribution < 1.29 is 19.1 Å². The van der Waals surface area contributed by atoms with Gasteiger partial charge in [0.15, 0.2) is 11.5 Å². The van der Waals surface area contributed by atoms with E-state index in [0.717, 1.165) is 11.1 Å². The van der Waals surface area contributed by atoms with Crippen LogP contribution >= 0.6 is 11.3 Å². The molecule has 4 rings (SSSR count). The second-order valence-electron chi connectivity index (χ2n) is 7.09. The van der Waals surface area contributed by atoms with Gasteiger partial charge in [0.05, 0.1) is 26.7 Å². The van der Waals surface area contributed by atoms with Gasteiger partial charge < -0.3 is 19.7 Å². The van der Waals surface area contributed by atoms with Gasteiger partial charge in [-0.2, -0.15) is 0 Å². The van der Waals surface area contributed by atoms with Crippen molar-refractivity contribution in [2.45, 2.75) is 12.5 Å². The maximum absolute atomic E-state index is 13.4. The van der Waals surface area contributed by atoms with Crippen molar-refractivity contribution in [3.8, 4) is 22.1 Å². The molecule has 31 heavy (non-hydrogen) atoms. The van der Waals surface area contributed by atoms with Gasteiger partial charge in [-0.1, -0.05) is 30.3 Å². The Balaban J connectivity index is 1.63. The zero-order chi connectivity index (χ0) is 21.8. The highest BCUT2D eigenvalue weighted by molar-refractivity contribution is 7.13. The Morgan fingerprint density at radius 1 is 1.13 bits per heavy atom. The third kappa shape index (κ3) is 4.39. The van der Waals surface area contributed by atoms with E-state index in [1.807, 2.05) is 48.5 Å². The quantitative estimate of drug-likeness (QED) is 0.661. The Morgan fingerprint density at radius 3 is 2.65 bits per heavy atom. The summed E-state index contributed by atoms with van der Waals surface area (Å²) in [5.41, 5.74) is 2.14. The average molecular weight is 438 g/mol. The summed E-state index contributed by atoms with van der Waals surface area (Å²) in [6, 6.07) is 14.8. The SMILES string of the molecule is COc1ccc(-c2nc(C(=O)N3CCNC(=O)C[C@@H]3c3ccccc3)cs2)cc1OC. The predicted molar refractivity (Wildman–Crippen MR) is 119 cm³/mol. The summed E-state index contributed by atoms with van der Waals surface area (Å²) in [6.45, 7) is 0.841. The van der Waals surface area contributed by atoms with Crippen LogP contribution in [0.2, 0.25) is 0 Å². The maximum atomic E-state index is 13.4. The van der Waals surface area contributed by atoms with Crippen molar-refractivity contribution in [3.63, 3.8) is 0 Å². The number of amides is 2. The number of ether oxygens (including phenoxy) is 2. The maximum Gasteiger partial charge on any atom is 0.273 e. The first kappa shape index (κ1) is 20.9. The molecule has 0 spiro atoms. The lowest BCUT2D eigenvalue weighted by Crippen LogP contribution is -2.36. The van der Waals surface area contributed by atoms with Gasteiger partial charge in [-0.3, -0.25) is 9.59 Å².